The van der Waals surface area contributed by atoms with Crippen molar-refractivity contribution in [1.82, 2.24) is 5.32 Å². The average molecular weight is 288 g/mol. The summed E-state index contributed by atoms with van der Waals surface area (Å²) in [4.78, 5) is 12.0. The molecule has 2 rings (SSSR count). The van der Waals surface area contributed by atoms with E-state index in [0.717, 1.165) is 12.0 Å². The first-order valence-electron chi connectivity index (χ1n) is 6.68. The summed E-state index contributed by atoms with van der Waals surface area (Å²) in [5.74, 6) is 0.371. The molecule has 0 saturated carbocycles. The largest absolute Gasteiger partial charge is 0.352 e. The third kappa shape index (κ3) is 3.84. The van der Waals surface area contributed by atoms with Crippen molar-refractivity contribution in [3.05, 3.63) is 70.8 Å². The van der Waals surface area contributed by atoms with Crippen LogP contribution in [0.5, 0.6) is 0 Å². The topological polar surface area (TPSA) is 29.1 Å². The Morgan fingerprint density at radius 2 is 1.95 bits per heavy atom. The zero-order chi connectivity index (χ0) is 14.4. The minimum absolute atomic E-state index is 0.0504. The average Bonchev–Trinajstić information content (AvgIpc) is 2.49. The molecule has 20 heavy (non-hydrogen) atoms. The molecule has 104 valence electrons. The Bertz CT molecular complexity index is 595. The van der Waals surface area contributed by atoms with Crippen LogP contribution in [0.2, 0.25) is 0 Å². The smallest absolute Gasteiger partial charge is 0.251 e. The van der Waals surface area contributed by atoms with E-state index < -0.39 is 0 Å². The molecule has 0 saturated heterocycles. The zero-order valence-electron chi connectivity index (χ0n) is 11.5. The predicted molar refractivity (Wildman–Crippen MR) is 83.2 cm³/mol. The first-order valence-corrected chi connectivity index (χ1v) is 7.22. The predicted octanol–water partition coefficient (Wildman–Crippen LogP) is 3.71. The number of amides is 1. The number of aryl methyl sites for hydroxylation is 1. The molecule has 0 spiro atoms. The van der Waals surface area contributed by atoms with Crippen LogP contribution in [0.1, 0.15) is 27.0 Å². The van der Waals surface area contributed by atoms with E-state index in [1.165, 1.54) is 11.1 Å². The van der Waals surface area contributed by atoms with Gasteiger partial charge in [0.05, 0.1) is 0 Å². The third-order valence-electron chi connectivity index (χ3n) is 3.28. The van der Waals surface area contributed by atoms with E-state index in [-0.39, 0.29) is 5.91 Å². The molecule has 0 fully saturated rings. The Labute approximate surface area is 124 Å². The molecule has 0 unspecified atom stereocenters. The SMILES string of the molecule is Cc1ccccc1CCNC(=O)c1cccc(CCl)c1. The number of benzene rings is 2. The Morgan fingerprint density at radius 3 is 2.70 bits per heavy atom. The molecule has 0 aliphatic carbocycles. The Kier molecular flexibility index (Phi) is 5.19. The van der Waals surface area contributed by atoms with E-state index in [4.69, 9.17) is 11.6 Å². The number of hydrogen-bond acceptors (Lipinski definition) is 1. The molecule has 0 radical (unpaired) electrons. The second kappa shape index (κ2) is 7.11. The Balaban J connectivity index is 1.91. The summed E-state index contributed by atoms with van der Waals surface area (Å²) >= 11 is 5.77. The molecular weight excluding hydrogens is 270 g/mol. The van der Waals surface area contributed by atoms with Crippen LogP contribution in [0.15, 0.2) is 48.5 Å². The highest BCUT2D eigenvalue weighted by Crippen LogP contribution is 2.09. The fraction of sp³-hybridized carbons (Fsp3) is 0.235. The van der Waals surface area contributed by atoms with E-state index >= 15 is 0 Å². The van der Waals surface area contributed by atoms with Crippen LogP contribution in [0.3, 0.4) is 0 Å². The van der Waals surface area contributed by atoms with Gasteiger partial charge >= 0.3 is 0 Å². The van der Waals surface area contributed by atoms with Crippen LogP contribution in [0.25, 0.3) is 0 Å². The minimum Gasteiger partial charge on any atom is -0.352 e. The number of alkyl halides is 1. The molecular formula is C17H18ClNO. The number of carbonyl (C=O) groups is 1. The van der Waals surface area contributed by atoms with Gasteiger partial charge in [0.15, 0.2) is 0 Å². The van der Waals surface area contributed by atoms with Crippen molar-refractivity contribution in [3.8, 4) is 0 Å². The summed E-state index contributed by atoms with van der Waals surface area (Å²) in [7, 11) is 0. The van der Waals surface area contributed by atoms with Crippen LogP contribution < -0.4 is 5.32 Å². The summed E-state index contributed by atoms with van der Waals surface area (Å²) in [6, 6.07) is 15.6. The molecule has 2 aromatic carbocycles. The first-order chi connectivity index (χ1) is 9.70. The molecule has 1 amide bonds. The van der Waals surface area contributed by atoms with Crippen LogP contribution in [0, 0.1) is 6.92 Å². The molecule has 0 bridgehead atoms. The number of halogens is 1. The van der Waals surface area contributed by atoms with Crippen LogP contribution in [0.4, 0.5) is 0 Å². The monoisotopic (exact) mass is 287 g/mol. The van der Waals surface area contributed by atoms with Gasteiger partial charge in [-0.15, -0.1) is 11.6 Å². The summed E-state index contributed by atoms with van der Waals surface area (Å²) in [5, 5.41) is 2.94. The van der Waals surface area contributed by atoms with Gasteiger partial charge in [-0.3, -0.25) is 4.79 Å². The van der Waals surface area contributed by atoms with Gasteiger partial charge in [0.1, 0.15) is 0 Å². The molecule has 0 aliphatic heterocycles. The van der Waals surface area contributed by atoms with Crippen LogP contribution >= 0.6 is 11.6 Å². The summed E-state index contributed by atoms with van der Waals surface area (Å²) in [6.07, 6.45) is 0.841. The van der Waals surface area contributed by atoms with Gasteiger partial charge in [-0.05, 0) is 42.2 Å². The second-order valence-corrected chi connectivity index (χ2v) is 5.03. The van der Waals surface area contributed by atoms with Gasteiger partial charge in [0.2, 0.25) is 0 Å². The molecule has 0 atom stereocenters. The number of rotatable bonds is 5. The lowest BCUT2D eigenvalue weighted by Gasteiger charge is -2.08. The molecule has 1 N–H and O–H groups in total. The lowest BCUT2D eigenvalue weighted by atomic mass is 10.1. The van der Waals surface area contributed by atoms with E-state index in [0.29, 0.717) is 18.0 Å². The maximum atomic E-state index is 12.0. The van der Waals surface area contributed by atoms with E-state index in [9.17, 15) is 4.79 Å². The zero-order valence-corrected chi connectivity index (χ0v) is 12.3. The second-order valence-electron chi connectivity index (χ2n) is 4.77. The molecule has 2 nitrogen and oxygen atoms in total. The summed E-state index contributed by atoms with van der Waals surface area (Å²) in [5.41, 5.74) is 4.14. The summed E-state index contributed by atoms with van der Waals surface area (Å²) in [6.45, 7) is 2.72. The van der Waals surface area contributed by atoms with Crippen molar-refractivity contribution < 1.29 is 4.79 Å². The Morgan fingerprint density at radius 1 is 1.15 bits per heavy atom. The number of carbonyl (C=O) groups excluding carboxylic acids is 1. The van der Waals surface area contributed by atoms with Crippen molar-refractivity contribution in [1.29, 1.82) is 0 Å². The standard InChI is InChI=1S/C17H18ClNO/c1-13-5-2-3-7-15(13)9-10-19-17(20)16-8-4-6-14(11-16)12-18/h2-8,11H,9-10,12H2,1H3,(H,19,20). The highest BCUT2D eigenvalue weighted by Gasteiger charge is 2.05. The fourth-order valence-electron chi connectivity index (χ4n) is 2.10. The van der Waals surface area contributed by atoms with Gasteiger partial charge in [-0.25, -0.2) is 0 Å². The van der Waals surface area contributed by atoms with E-state index in [1.54, 1.807) is 6.07 Å². The van der Waals surface area contributed by atoms with Crippen molar-refractivity contribution in [3.63, 3.8) is 0 Å². The first kappa shape index (κ1) is 14.6. The van der Waals surface area contributed by atoms with E-state index in [2.05, 4.69) is 24.4 Å². The van der Waals surface area contributed by atoms with Gasteiger partial charge in [0, 0.05) is 18.0 Å². The molecule has 0 heterocycles. The van der Waals surface area contributed by atoms with Crippen molar-refractivity contribution >= 4 is 17.5 Å². The Hall–Kier alpha value is -1.80. The van der Waals surface area contributed by atoms with Crippen LogP contribution in [-0.2, 0) is 12.3 Å². The van der Waals surface area contributed by atoms with Crippen molar-refractivity contribution in [2.45, 2.75) is 19.2 Å². The van der Waals surface area contributed by atoms with Gasteiger partial charge in [-0.1, -0.05) is 36.4 Å². The number of nitrogens with one attached hydrogen (secondary N) is 1. The van der Waals surface area contributed by atoms with Gasteiger partial charge in [-0.2, -0.15) is 0 Å². The van der Waals surface area contributed by atoms with E-state index in [1.807, 2.05) is 30.3 Å². The molecule has 0 aliphatic rings. The normalized spacial score (nSPS) is 10.3. The lowest BCUT2D eigenvalue weighted by molar-refractivity contribution is 0.0954. The van der Waals surface area contributed by atoms with Gasteiger partial charge in [0.25, 0.3) is 5.91 Å². The van der Waals surface area contributed by atoms with Crippen molar-refractivity contribution in [2.75, 3.05) is 6.54 Å². The van der Waals surface area contributed by atoms with Crippen molar-refractivity contribution in [2.24, 2.45) is 0 Å². The molecule has 2 aromatic rings. The maximum absolute atomic E-state index is 12.0. The third-order valence-corrected chi connectivity index (χ3v) is 3.59. The maximum Gasteiger partial charge on any atom is 0.251 e. The lowest BCUT2D eigenvalue weighted by Crippen LogP contribution is -2.25. The fourth-order valence-corrected chi connectivity index (χ4v) is 2.27. The number of hydrogen-bond donors (Lipinski definition) is 1. The molecule has 0 aromatic heterocycles. The minimum atomic E-state index is -0.0504. The highest BCUT2D eigenvalue weighted by atomic mass is 35.5. The molecule has 3 heteroatoms. The summed E-state index contributed by atoms with van der Waals surface area (Å²) < 4.78 is 0. The highest BCUT2D eigenvalue weighted by molar-refractivity contribution is 6.17. The van der Waals surface area contributed by atoms with Gasteiger partial charge < -0.3 is 5.32 Å². The van der Waals surface area contributed by atoms with Crippen LogP contribution in [-0.4, -0.2) is 12.5 Å². The quantitative estimate of drug-likeness (QED) is 0.835.